The minimum Gasteiger partial charge on any atom is -0.496 e. The van der Waals surface area contributed by atoms with E-state index in [0.717, 1.165) is 35.7 Å². The molecule has 0 saturated carbocycles. The van der Waals surface area contributed by atoms with Crippen molar-refractivity contribution in [2.75, 3.05) is 7.11 Å². The molecule has 2 aromatic carbocycles. The third-order valence-corrected chi connectivity index (χ3v) is 6.88. The summed E-state index contributed by atoms with van der Waals surface area (Å²) in [6.45, 7) is 13.4. The molecule has 0 aliphatic carbocycles. The van der Waals surface area contributed by atoms with Gasteiger partial charge in [-0.3, -0.25) is 4.79 Å². The molecule has 2 unspecified atom stereocenters. The van der Waals surface area contributed by atoms with Gasteiger partial charge in [0.05, 0.1) is 7.11 Å². The van der Waals surface area contributed by atoms with E-state index in [4.69, 9.17) is 4.74 Å². The van der Waals surface area contributed by atoms with Crippen molar-refractivity contribution in [1.29, 1.82) is 0 Å². The molecule has 0 saturated heterocycles. The second kappa shape index (κ2) is 8.57. The molecule has 2 aromatic rings. The van der Waals surface area contributed by atoms with Crippen LogP contribution >= 0.6 is 8.58 Å². The van der Waals surface area contributed by atoms with Crippen LogP contribution in [0, 0.1) is 6.92 Å². The van der Waals surface area contributed by atoms with Gasteiger partial charge in [-0.2, -0.15) is 0 Å². The Balaban J connectivity index is 2.68. The molecule has 3 heteroatoms. The maximum absolute atomic E-state index is 11.6. The van der Waals surface area contributed by atoms with E-state index in [-0.39, 0.29) is 10.6 Å². The second-order valence-corrected chi connectivity index (χ2v) is 10.4. The van der Waals surface area contributed by atoms with Crippen molar-refractivity contribution in [3.05, 3.63) is 58.7 Å². The van der Waals surface area contributed by atoms with Crippen LogP contribution in [0.1, 0.15) is 74.5 Å². The lowest BCUT2D eigenvalue weighted by molar-refractivity contribution is 0.112. The highest BCUT2D eigenvalue weighted by molar-refractivity contribution is 7.48. The molecule has 0 radical (unpaired) electrons. The van der Waals surface area contributed by atoms with E-state index >= 15 is 0 Å². The van der Waals surface area contributed by atoms with Crippen molar-refractivity contribution in [1.82, 2.24) is 0 Å². The van der Waals surface area contributed by atoms with Crippen molar-refractivity contribution in [3.8, 4) is 5.75 Å². The maximum atomic E-state index is 11.6. The topological polar surface area (TPSA) is 26.3 Å². The van der Waals surface area contributed by atoms with Crippen LogP contribution in [0.25, 0.3) is 0 Å². The van der Waals surface area contributed by atoms with E-state index < -0.39 is 0 Å². The number of rotatable bonds is 7. The van der Waals surface area contributed by atoms with Gasteiger partial charge in [-0.05, 0) is 24.1 Å². The maximum Gasteiger partial charge on any atom is 0.150 e. The van der Waals surface area contributed by atoms with E-state index in [1.165, 1.54) is 16.7 Å². The Kier molecular flexibility index (Phi) is 6.87. The molecule has 0 fully saturated rings. The summed E-state index contributed by atoms with van der Waals surface area (Å²) in [4.78, 5) is 11.6. The van der Waals surface area contributed by atoms with Crippen LogP contribution in [-0.4, -0.2) is 13.4 Å². The Morgan fingerprint density at radius 2 is 1.70 bits per heavy atom. The van der Waals surface area contributed by atoms with Gasteiger partial charge in [0.25, 0.3) is 0 Å². The van der Waals surface area contributed by atoms with Crippen molar-refractivity contribution in [2.24, 2.45) is 0 Å². The molecular formula is C24H33O2P. The summed E-state index contributed by atoms with van der Waals surface area (Å²) >= 11 is 0. The predicted octanol–water partition coefficient (Wildman–Crippen LogP) is 6.13. The van der Waals surface area contributed by atoms with Crippen molar-refractivity contribution < 1.29 is 9.53 Å². The van der Waals surface area contributed by atoms with E-state index in [1.807, 2.05) is 18.2 Å². The Bertz CT molecular complexity index is 805. The average molecular weight is 385 g/mol. The molecule has 0 spiro atoms. The summed E-state index contributed by atoms with van der Waals surface area (Å²) in [6, 6.07) is 12.5. The number of carbonyl (C=O) groups excluding carboxylic acids is 1. The number of hydrogen-bond acceptors (Lipinski definition) is 2. The quantitative estimate of drug-likeness (QED) is 0.424. The first-order chi connectivity index (χ1) is 12.7. The predicted molar refractivity (Wildman–Crippen MR) is 118 cm³/mol. The van der Waals surface area contributed by atoms with Crippen LogP contribution in [0.4, 0.5) is 0 Å². The Morgan fingerprint density at radius 1 is 1.07 bits per heavy atom. The molecule has 0 aliphatic heterocycles. The zero-order valence-electron chi connectivity index (χ0n) is 17.8. The number of carbonyl (C=O) groups is 1. The van der Waals surface area contributed by atoms with Gasteiger partial charge in [-0.25, -0.2) is 0 Å². The fraction of sp³-hybridized carbons (Fsp3) is 0.458. The van der Waals surface area contributed by atoms with Crippen LogP contribution in [-0.2, 0) is 10.6 Å². The monoisotopic (exact) mass is 384 g/mol. The average Bonchev–Trinajstić information content (AvgIpc) is 2.61. The van der Waals surface area contributed by atoms with Gasteiger partial charge in [-0.15, -0.1) is 0 Å². The summed E-state index contributed by atoms with van der Waals surface area (Å²) in [6.07, 6.45) is 3.10. The first kappa shape index (κ1) is 21.6. The normalized spacial score (nSPS) is 14.3. The molecule has 0 aromatic heterocycles. The van der Waals surface area contributed by atoms with Crippen LogP contribution in [0.3, 0.4) is 0 Å². The van der Waals surface area contributed by atoms with E-state index in [0.29, 0.717) is 8.58 Å². The first-order valence-corrected chi connectivity index (χ1v) is 10.7. The van der Waals surface area contributed by atoms with Gasteiger partial charge >= 0.3 is 0 Å². The highest BCUT2D eigenvalue weighted by Crippen LogP contribution is 2.50. The van der Waals surface area contributed by atoms with Gasteiger partial charge in [0.2, 0.25) is 0 Å². The van der Waals surface area contributed by atoms with Crippen molar-refractivity contribution >= 4 is 20.2 Å². The van der Waals surface area contributed by atoms with Gasteiger partial charge in [0.1, 0.15) is 5.75 Å². The molecule has 0 aliphatic rings. The van der Waals surface area contributed by atoms with Crippen molar-refractivity contribution in [3.63, 3.8) is 0 Å². The summed E-state index contributed by atoms with van der Waals surface area (Å²) in [7, 11) is 2.28. The molecule has 0 heterocycles. The molecule has 0 N–H and O–H groups in total. The van der Waals surface area contributed by atoms with Crippen molar-refractivity contribution in [2.45, 2.75) is 65.0 Å². The summed E-state index contributed by atoms with van der Waals surface area (Å²) < 4.78 is 5.98. The number of aryl methyl sites for hydroxylation is 1. The molecule has 2 atom stereocenters. The third kappa shape index (κ3) is 4.79. The minimum atomic E-state index is -0.0781. The van der Waals surface area contributed by atoms with E-state index in [1.54, 1.807) is 7.11 Å². The summed E-state index contributed by atoms with van der Waals surface area (Å²) in [5, 5.41) is 1.05. The van der Waals surface area contributed by atoms with E-state index in [2.05, 4.69) is 59.7 Å². The fourth-order valence-electron chi connectivity index (χ4n) is 3.74. The number of hydrogen-bond donors (Lipinski definition) is 0. The van der Waals surface area contributed by atoms with Crippen LogP contribution < -0.4 is 10.0 Å². The first-order valence-electron chi connectivity index (χ1n) is 9.68. The minimum absolute atomic E-state index is 0.00303. The van der Waals surface area contributed by atoms with Gasteiger partial charge in [-0.1, -0.05) is 91.6 Å². The summed E-state index contributed by atoms with van der Waals surface area (Å²) in [5.41, 5.74) is 4.56. The molecule has 0 bridgehead atoms. The Morgan fingerprint density at radius 3 is 2.26 bits per heavy atom. The lowest BCUT2D eigenvalue weighted by Gasteiger charge is -2.35. The summed E-state index contributed by atoms with van der Waals surface area (Å²) in [5.74, 6) is 1.00. The molecule has 2 rings (SSSR count). The molecule has 27 heavy (non-hydrogen) atoms. The largest absolute Gasteiger partial charge is 0.496 e. The molecule has 2 nitrogen and oxygen atoms in total. The fourth-order valence-corrected chi connectivity index (χ4v) is 5.49. The smallest absolute Gasteiger partial charge is 0.150 e. The standard InChI is InChI=1S/C24H33O2P/c1-8-13-24(6,27-21-12-10-9-11-18(21)16-25)20-15-17(2)14-19(22(20)26-7)23(3,4)5/h9-12,14-16,27H,8,13H2,1-7H3. The lowest BCUT2D eigenvalue weighted by atomic mass is 9.81. The molecular weight excluding hydrogens is 351 g/mol. The second-order valence-electron chi connectivity index (χ2n) is 8.56. The van der Waals surface area contributed by atoms with Gasteiger partial charge in [0, 0.05) is 21.8 Å². The van der Waals surface area contributed by atoms with Crippen LogP contribution in [0.2, 0.25) is 0 Å². The number of methoxy groups -OCH3 is 1. The number of benzene rings is 2. The SMILES string of the molecule is CCCC(C)(Pc1ccccc1C=O)c1cc(C)cc(C(C)(C)C)c1OC. The molecule has 0 amide bonds. The molecule has 146 valence electrons. The highest BCUT2D eigenvalue weighted by Gasteiger charge is 2.33. The van der Waals surface area contributed by atoms with Gasteiger partial charge in [0.15, 0.2) is 6.29 Å². The van der Waals surface area contributed by atoms with Crippen LogP contribution in [0.5, 0.6) is 5.75 Å². The zero-order chi connectivity index (χ0) is 20.2. The Hall–Kier alpha value is -1.66. The highest BCUT2D eigenvalue weighted by atomic mass is 31.1. The van der Waals surface area contributed by atoms with Gasteiger partial charge < -0.3 is 4.74 Å². The Labute approximate surface area is 166 Å². The number of ether oxygens (including phenoxy) is 1. The van der Waals surface area contributed by atoms with E-state index in [9.17, 15) is 4.79 Å². The van der Waals surface area contributed by atoms with Crippen LogP contribution in [0.15, 0.2) is 36.4 Å². The third-order valence-electron chi connectivity index (χ3n) is 5.09. The number of aldehydes is 1. The lowest BCUT2D eigenvalue weighted by Crippen LogP contribution is -2.24. The zero-order valence-corrected chi connectivity index (χ0v) is 18.8.